The lowest BCUT2D eigenvalue weighted by atomic mass is 9.87. The van der Waals surface area contributed by atoms with E-state index in [1.54, 1.807) is 11.0 Å². The van der Waals surface area contributed by atoms with Crippen LogP contribution < -0.4 is 0 Å². The first-order valence-electron chi connectivity index (χ1n) is 6.89. The molecule has 1 N–H and O–H groups in total. The fraction of sp³-hybridized carbons (Fsp3) is 0.714. The predicted octanol–water partition coefficient (Wildman–Crippen LogP) is 1.43. The number of morpholine rings is 1. The number of amides is 1. The first-order valence-corrected chi connectivity index (χ1v) is 6.89. The molecule has 1 unspecified atom stereocenters. The van der Waals surface area contributed by atoms with E-state index in [1.807, 2.05) is 0 Å². The molecular formula is C14H21NO4. The molecule has 1 saturated heterocycles. The van der Waals surface area contributed by atoms with Crippen molar-refractivity contribution in [2.24, 2.45) is 5.92 Å². The topological polar surface area (TPSA) is 66.8 Å². The van der Waals surface area contributed by atoms with Gasteiger partial charge in [0.2, 0.25) is 5.91 Å². The smallest absolute Gasteiger partial charge is 0.334 e. The number of aliphatic carboxylic acids is 1. The minimum atomic E-state index is -1.00. The second kappa shape index (κ2) is 6.19. The van der Waals surface area contributed by atoms with Crippen LogP contribution in [0.1, 0.15) is 32.6 Å². The number of carboxylic acids is 1. The Morgan fingerprint density at radius 1 is 1.37 bits per heavy atom. The van der Waals surface area contributed by atoms with Gasteiger partial charge < -0.3 is 14.7 Å². The average Bonchev–Trinajstić information content (AvgIpc) is 2.41. The molecule has 5 heteroatoms. The largest absolute Gasteiger partial charge is 0.479 e. The number of carboxylic acid groups (broad SMARTS) is 1. The van der Waals surface area contributed by atoms with E-state index in [0.29, 0.717) is 13.2 Å². The molecule has 2 fully saturated rings. The first kappa shape index (κ1) is 14.1. The van der Waals surface area contributed by atoms with Crippen LogP contribution in [0.15, 0.2) is 11.6 Å². The first-order chi connectivity index (χ1) is 9.06. The van der Waals surface area contributed by atoms with Gasteiger partial charge in [-0.3, -0.25) is 4.79 Å². The summed E-state index contributed by atoms with van der Waals surface area (Å²) in [5, 5.41) is 8.91. The van der Waals surface area contributed by atoms with Crippen molar-refractivity contribution in [3.63, 3.8) is 0 Å². The van der Waals surface area contributed by atoms with Crippen molar-refractivity contribution in [2.75, 3.05) is 19.7 Å². The quantitative estimate of drug-likeness (QED) is 0.769. The van der Waals surface area contributed by atoms with Gasteiger partial charge in [0.05, 0.1) is 13.2 Å². The van der Waals surface area contributed by atoms with Crippen LogP contribution in [-0.4, -0.2) is 47.7 Å². The minimum absolute atomic E-state index is 0.0703. The van der Waals surface area contributed by atoms with Crippen LogP contribution in [0.3, 0.4) is 0 Å². The predicted molar refractivity (Wildman–Crippen MR) is 69.7 cm³/mol. The molecule has 1 saturated carbocycles. The van der Waals surface area contributed by atoms with E-state index in [4.69, 9.17) is 9.84 Å². The zero-order chi connectivity index (χ0) is 13.8. The number of hydrogen-bond acceptors (Lipinski definition) is 3. The second-order valence-corrected chi connectivity index (χ2v) is 5.47. The van der Waals surface area contributed by atoms with Crippen molar-refractivity contribution < 1.29 is 19.4 Å². The van der Waals surface area contributed by atoms with Crippen LogP contribution in [-0.2, 0) is 14.3 Å². The summed E-state index contributed by atoms with van der Waals surface area (Å²) in [6.45, 7) is 3.15. The highest BCUT2D eigenvalue weighted by atomic mass is 16.5. The number of carbonyl (C=O) groups excluding carboxylic acids is 1. The van der Waals surface area contributed by atoms with Crippen molar-refractivity contribution >= 4 is 11.9 Å². The van der Waals surface area contributed by atoms with E-state index >= 15 is 0 Å². The highest BCUT2D eigenvalue weighted by Gasteiger charge is 2.28. The third-order valence-electron chi connectivity index (χ3n) is 3.90. The molecule has 1 amide bonds. The number of carbonyl (C=O) groups is 2. The molecule has 0 aromatic rings. The lowest BCUT2D eigenvalue weighted by Gasteiger charge is -2.30. The van der Waals surface area contributed by atoms with Gasteiger partial charge in [-0.15, -0.1) is 0 Å². The van der Waals surface area contributed by atoms with Gasteiger partial charge in [0, 0.05) is 12.6 Å². The summed E-state index contributed by atoms with van der Waals surface area (Å²) in [6, 6.07) is 0. The summed E-state index contributed by atoms with van der Waals surface area (Å²) in [6.07, 6.45) is 5.07. The van der Waals surface area contributed by atoms with Crippen molar-refractivity contribution in [3.05, 3.63) is 11.6 Å². The number of allylic oxidation sites excluding steroid dienone is 1. The molecule has 0 spiro atoms. The van der Waals surface area contributed by atoms with Gasteiger partial charge in [0.25, 0.3) is 0 Å². The summed E-state index contributed by atoms with van der Waals surface area (Å²) >= 11 is 0. The van der Waals surface area contributed by atoms with Crippen LogP contribution in [0.2, 0.25) is 0 Å². The maximum absolute atomic E-state index is 12.1. The molecule has 1 aliphatic heterocycles. The fourth-order valence-electron chi connectivity index (χ4n) is 2.54. The van der Waals surface area contributed by atoms with E-state index in [0.717, 1.165) is 31.6 Å². The monoisotopic (exact) mass is 267 g/mol. The zero-order valence-electron chi connectivity index (χ0n) is 11.3. The van der Waals surface area contributed by atoms with E-state index in [2.05, 4.69) is 6.92 Å². The molecule has 0 radical (unpaired) electrons. The molecule has 0 aromatic carbocycles. The lowest BCUT2D eigenvalue weighted by molar-refractivity contribution is -0.158. The Kier molecular flexibility index (Phi) is 4.58. The van der Waals surface area contributed by atoms with Gasteiger partial charge in [-0.1, -0.05) is 12.5 Å². The van der Waals surface area contributed by atoms with Crippen molar-refractivity contribution in [2.45, 2.75) is 38.7 Å². The van der Waals surface area contributed by atoms with Gasteiger partial charge >= 0.3 is 5.97 Å². The van der Waals surface area contributed by atoms with E-state index in [-0.39, 0.29) is 12.5 Å². The molecule has 106 valence electrons. The molecule has 5 nitrogen and oxygen atoms in total. The molecule has 19 heavy (non-hydrogen) atoms. The maximum atomic E-state index is 12.1. The van der Waals surface area contributed by atoms with Gasteiger partial charge in [0.15, 0.2) is 6.10 Å². The van der Waals surface area contributed by atoms with Gasteiger partial charge in [-0.05, 0) is 31.6 Å². The van der Waals surface area contributed by atoms with Crippen LogP contribution >= 0.6 is 0 Å². The van der Waals surface area contributed by atoms with E-state index in [1.165, 1.54) is 5.57 Å². The van der Waals surface area contributed by atoms with Crippen LogP contribution in [0.25, 0.3) is 0 Å². The van der Waals surface area contributed by atoms with Gasteiger partial charge in [0.1, 0.15) is 0 Å². The third-order valence-corrected chi connectivity index (χ3v) is 3.90. The average molecular weight is 267 g/mol. The van der Waals surface area contributed by atoms with Crippen molar-refractivity contribution in [1.29, 1.82) is 0 Å². The van der Waals surface area contributed by atoms with Crippen LogP contribution in [0.5, 0.6) is 0 Å². The molecule has 2 aliphatic rings. The van der Waals surface area contributed by atoms with Crippen molar-refractivity contribution in [3.8, 4) is 0 Å². The molecule has 0 aromatic heterocycles. The number of hydrogen-bond donors (Lipinski definition) is 1. The number of rotatable bonds is 2. The van der Waals surface area contributed by atoms with Crippen molar-refractivity contribution in [1.82, 2.24) is 4.90 Å². The maximum Gasteiger partial charge on any atom is 0.334 e. The summed E-state index contributed by atoms with van der Waals surface area (Å²) in [5.41, 5.74) is 1.20. The molecule has 1 atom stereocenters. The standard InChI is InChI=1S/C14H21NO4/c1-10-2-4-11(5-3-10)8-13(16)15-6-7-19-12(9-15)14(17)18/h8,10,12H,2-7,9H2,1H3,(H,17,18). The fourth-order valence-corrected chi connectivity index (χ4v) is 2.54. The molecule has 2 rings (SSSR count). The summed E-state index contributed by atoms with van der Waals surface area (Å²) in [5.74, 6) is -0.331. The Balaban J connectivity index is 1.92. The lowest BCUT2D eigenvalue weighted by Crippen LogP contribution is -2.48. The third kappa shape index (κ3) is 3.80. The van der Waals surface area contributed by atoms with Crippen LogP contribution in [0.4, 0.5) is 0 Å². The van der Waals surface area contributed by atoms with E-state index in [9.17, 15) is 9.59 Å². The highest BCUT2D eigenvalue weighted by molar-refractivity contribution is 5.89. The SMILES string of the molecule is CC1CCC(=CC(=O)N2CCOC(C(=O)O)C2)CC1. The van der Waals surface area contributed by atoms with Gasteiger partial charge in [-0.25, -0.2) is 4.79 Å². The van der Waals surface area contributed by atoms with Gasteiger partial charge in [-0.2, -0.15) is 0 Å². The Morgan fingerprint density at radius 2 is 2.05 bits per heavy atom. The number of nitrogens with zero attached hydrogens (tertiary/aromatic N) is 1. The molecule has 1 heterocycles. The summed E-state index contributed by atoms with van der Waals surface area (Å²) in [4.78, 5) is 24.6. The molecule has 1 aliphatic carbocycles. The summed E-state index contributed by atoms with van der Waals surface area (Å²) in [7, 11) is 0. The Hall–Kier alpha value is -1.36. The second-order valence-electron chi connectivity index (χ2n) is 5.47. The Labute approximate surface area is 113 Å². The van der Waals surface area contributed by atoms with E-state index < -0.39 is 12.1 Å². The van der Waals surface area contributed by atoms with Crippen LogP contribution in [0, 0.1) is 5.92 Å². The molecular weight excluding hydrogens is 246 g/mol. The zero-order valence-corrected chi connectivity index (χ0v) is 11.3. The Morgan fingerprint density at radius 3 is 2.68 bits per heavy atom. The normalized spacial score (nSPS) is 28.1. The summed E-state index contributed by atoms with van der Waals surface area (Å²) < 4.78 is 5.11. The number of ether oxygens (including phenoxy) is 1. The Bertz CT molecular complexity index is 381. The highest BCUT2D eigenvalue weighted by Crippen LogP contribution is 2.27. The molecule has 0 bridgehead atoms. The minimum Gasteiger partial charge on any atom is -0.479 e.